The second kappa shape index (κ2) is 5.36. The minimum Gasteiger partial charge on any atom is -0.485 e. The second-order valence-corrected chi connectivity index (χ2v) is 4.48. The third-order valence-electron chi connectivity index (χ3n) is 3.07. The molecule has 1 aliphatic rings. The van der Waals surface area contributed by atoms with Gasteiger partial charge in [0.05, 0.1) is 5.92 Å². The van der Waals surface area contributed by atoms with E-state index < -0.39 is 0 Å². The molecule has 1 fully saturated rings. The molecule has 1 aromatic carbocycles. The van der Waals surface area contributed by atoms with Gasteiger partial charge in [0.1, 0.15) is 11.6 Å². The highest BCUT2D eigenvalue weighted by molar-refractivity contribution is 5.22. The minimum atomic E-state index is -0.289. The zero-order chi connectivity index (χ0) is 13.1. The summed E-state index contributed by atoms with van der Waals surface area (Å²) in [5.74, 6) is 1.75. The molecule has 0 radical (unpaired) electrons. The van der Waals surface area contributed by atoms with Crippen molar-refractivity contribution in [2.24, 2.45) is 0 Å². The van der Waals surface area contributed by atoms with Gasteiger partial charge < -0.3 is 14.6 Å². The fourth-order valence-corrected chi connectivity index (χ4v) is 2.04. The fourth-order valence-electron chi connectivity index (χ4n) is 2.04. The summed E-state index contributed by atoms with van der Waals surface area (Å²) in [5, 5.41) is 7.13. The molecule has 5 nitrogen and oxygen atoms in total. The first-order chi connectivity index (χ1) is 9.31. The summed E-state index contributed by atoms with van der Waals surface area (Å²) >= 11 is 0. The molecule has 100 valence electrons. The Kier molecular flexibility index (Phi) is 3.41. The molecule has 0 unspecified atom stereocenters. The summed E-state index contributed by atoms with van der Waals surface area (Å²) in [6.07, 6.45) is 1.01. The summed E-state index contributed by atoms with van der Waals surface area (Å²) < 4.78 is 23.4. The molecule has 1 saturated heterocycles. The summed E-state index contributed by atoms with van der Waals surface area (Å²) in [4.78, 5) is 4.31. The number of nitrogens with zero attached hydrogens (tertiary/aromatic N) is 2. The van der Waals surface area contributed by atoms with E-state index in [4.69, 9.17) is 9.26 Å². The zero-order valence-electron chi connectivity index (χ0n) is 10.3. The Labute approximate surface area is 109 Å². The van der Waals surface area contributed by atoms with Gasteiger partial charge in [0, 0.05) is 6.54 Å². The lowest BCUT2D eigenvalue weighted by Crippen LogP contribution is -2.08. The molecule has 0 aliphatic carbocycles. The van der Waals surface area contributed by atoms with E-state index >= 15 is 0 Å². The number of hydrogen-bond acceptors (Lipinski definition) is 5. The SMILES string of the molecule is Fc1ccc(OCc2noc([C@H]3CCNC3)n2)cc1. The van der Waals surface area contributed by atoms with E-state index in [1.807, 2.05) is 0 Å². The molecule has 3 rings (SSSR count). The van der Waals surface area contributed by atoms with Crippen LogP contribution < -0.4 is 10.1 Å². The van der Waals surface area contributed by atoms with Crippen LogP contribution in [0.15, 0.2) is 28.8 Å². The standard InChI is InChI=1S/C13H14FN3O2/c14-10-1-3-11(4-2-10)18-8-12-16-13(19-17-12)9-5-6-15-7-9/h1-4,9,15H,5-8H2/t9-/m0/s1. The van der Waals surface area contributed by atoms with Gasteiger partial charge in [-0.05, 0) is 37.2 Å². The van der Waals surface area contributed by atoms with Crippen molar-refractivity contribution in [2.45, 2.75) is 18.9 Å². The molecule has 1 aromatic heterocycles. The van der Waals surface area contributed by atoms with Crippen molar-refractivity contribution in [1.29, 1.82) is 0 Å². The first kappa shape index (κ1) is 12.1. The number of nitrogens with one attached hydrogen (secondary N) is 1. The fraction of sp³-hybridized carbons (Fsp3) is 0.385. The average molecular weight is 263 g/mol. The summed E-state index contributed by atoms with van der Waals surface area (Å²) in [7, 11) is 0. The van der Waals surface area contributed by atoms with Gasteiger partial charge in [-0.15, -0.1) is 0 Å². The highest BCUT2D eigenvalue weighted by atomic mass is 19.1. The van der Waals surface area contributed by atoms with Crippen molar-refractivity contribution < 1.29 is 13.7 Å². The molecule has 19 heavy (non-hydrogen) atoms. The van der Waals surface area contributed by atoms with Crippen LogP contribution in [0.1, 0.15) is 24.1 Å². The summed E-state index contributed by atoms with van der Waals surface area (Å²) in [5.41, 5.74) is 0. The number of halogens is 1. The van der Waals surface area contributed by atoms with Crippen LogP contribution in [0.25, 0.3) is 0 Å². The highest BCUT2D eigenvalue weighted by Gasteiger charge is 2.22. The minimum absolute atomic E-state index is 0.218. The number of aromatic nitrogens is 2. The van der Waals surface area contributed by atoms with Gasteiger partial charge in [0.25, 0.3) is 0 Å². The number of hydrogen-bond donors (Lipinski definition) is 1. The molecule has 2 heterocycles. The molecular weight excluding hydrogens is 249 g/mol. The summed E-state index contributed by atoms with van der Waals surface area (Å²) in [6, 6.07) is 5.83. The molecule has 1 atom stereocenters. The van der Waals surface area contributed by atoms with E-state index in [1.54, 1.807) is 12.1 Å². The molecular formula is C13H14FN3O2. The highest BCUT2D eigenvalue weighted by Crippen LogP contribution is 2.20. The van der Waals surface area contributed by atoms with Crippen LogP contribution in [-0.4, -0.2) is 23.2 Å². The van der Waals surface area contributed by atoms with E-state index in [2.05, 4.69) is 15.5 Å². The maximum atomic E-state index is 12.7. The van der Waals surface area contributed by atoms with Gasteiger partial charge in [-0.3, -0.25) is 0 Å². The lowest BCUT2D eigenvalue weighted by molar-refractivity contribution is 0.283. The van der Waals surface area contributed by atoms with Crippen LogP contribution in [0.5, 0.6) is 5.75 Å². The maximum Gasteiger partial charge on any atom is 0.231 e. The van der Waals surface area contributed by atoms with Crippen molar-refractivity contribution in [1.82, 2.24) is 15.5 Å². The normalized spacial score (nSPS) is 18.7. The van der Waals surface area contributed by atoms with Crippen molar-refractivity contribution in [3.05, 3.63) is 41.8 Å². The van der Waals surface area contributed by atoms with Crippen molar-refractivity contribution in [3.8, 4) is 5.75 Å². The molecule has 0 saturated carbocycles. The van der Waals surface area contributed by atoms with Crippen LogP contribution >= 0.6 is 0 Å². The van der Waals surface area contributed by atoms with Crippen LogP contribution in [0.2, 0.25) is 0 Å². The molecule has 6 heteroatoms. The van der Waals surface area contributed by atoms with E-state index in [0.717, 1.165) is 19.5 Å². The van der Waals surface area contributed by atoms with Gasteiger partial charge in [0.2, 0.25) is 11.7 Å². The summed E-state index contributed by atoms with van der Waals surface area (Å²) in [6.45, 7) is 2.07. The van der Waals surface area contributed by atoms with E-state index in [-0.39, 0.29) is 12.4 Å². The Morgan fingerprint density at radius 1 is 1.37 bits per heavy atom. The Balaban J connectivity index is 1.59. The molecule has 0 spiro atoms. The average Bonchev–Trinajstić information content (AvgIpc) is 3.09. The van der Waals surface area contributed by atoms with Gasteiger partial charge in [-0.25, -0.2) is 4.39 Å². The Hall–Kier alpha value is -1.95. The van der Waals surface area contributed by atoms with Crippen molar-refractivity contribution in [2.75, 3.05) is 13.1 Å². The molecule has 2 aromatic rings. The smallest absolute Gasteiger partial charge is 0.231 e. The lowest BCUT2D eigenvalue weighted by atomic mass is 10.1. The van der Waals surface area contributed by atoms with Crippen LogP contribution in [-0.2, 0) is 6.61 Å². The predicted molar refractivity (Wildman–Crippen MR) is 65.3 cm³/mol. The predicted octanol–water partition coefficient (Wildman–Crippen LogP) is 1.86. The number of benzene rings is 1. The Morgan fingerprint density at radius 2 is 2.21 bits per heavy atom. The molecule has 1 N–H and O–H groups in total. The first-order valence-electron chi connectivity index (χ1n) is 6.23. The van der Waals surface area contributed by atoms with Gasteiger partial charge in [0.15, 0.2) is 6.61 Å². The van der Waals surface area contributed by atoms with E-state index in [0.29, 0.717) is 23.4 Å². The molecule has 1 aliphatic heterocycles. The van der Waals surface area contributed by atoms with Crippen molar-refractivity contribution >= 4 is 0 Å². The Bertz CT molecular complexity index is 535. The number of rotatable bonds is 4. The third-order valence-corrected chi connectivity index (χ3v) is 3.07. The maximum absolute atomic E-state index is 12.7. The van der Waals surface area contributed by atoms with E-state index in [1.165, 1.54) is 12.1 Å². The third kappa shape index (κ3) is 2.90. The molecule has 0 bridgehead atoms. The van der Waals surface area contributed by atoms with E-state index in [9.17, 15) is 4.39 Å². The van der Waals surface area contributed by atoms with Crippen LogP contribution in [0.4, 0.5) is 4.39 Å². The molecule has 0 amide bonds. The van der Waals surface area contributed by atoms with Gasteiger partial charge in [-0.2, -0.15) is 4.98 Å². The van der Waals surface area contributed by atoms with Gasteiger partial charge >= 0.3 is 0 Å². The zero-order valence-corrected chi connectivity index (χ0v) is 10.3. The quantitative estimate of drug-likeness (QED) is 0.912. The first-order valence-corrected chi connectivity index (χ1v) is 6.23. The van der Waals surface area contributed by atoms with Crippen LogP contribution in [0.3, 0.4) is 0 Å². The topological polar surface area (TPSA) is 60.2 Å². The monoisotopic (exact) mass is 263 g/mol. The lowest BCUT2D eigenvalue weighted by Gasteiger charge is -2.02. The number of ether oxygens (including phenoxy) is 1. The Morgan fingerprint density at radius 3 is 2.95 bits per heavy atom. The van der Waals surface area contributed by atoms with Crippen molar-refractivity contribution in [3.63, 3.8) is 0 Å². The largest absolute Gasteiger partial charge is 0.485 e. The second-order valence-electron chi connectivity index (χ2n) is 4.48. The van der Waals surface area contributed by atoms with Crippen LogP contribution in [0, 0.1) is 5.82 Å². The van der Waals surface area contributed by atoms with Gasteiger partial charge in [-0.1, -0.05) is 5.16 Å².